The summed E-state index contributed by atoms with van der Waals surface area (Å²) in [6.45, 7) is 0. The number of hydrogen-bond acceptors (Lipinski definition) is 2. The van der Waals surface area contributed by atoms with Crippen molar-refractivity contribution in [3.63, 3.8) is 0 Å². The van der Waals surface area contributed by atoms with Gasteiger partial charge >= 0.3 is 0 Å². The third kappa shape index (κ3) is 3.47. The van der Waals surface area contributed by atoms with E-state index in [9.17, 15) is 0 Å². The van der Waals surface area contributed by atoms with Gasteiger partial charge in [-0.1, -0.05) is 121 Å². The van der Waals surface area contributed by atoms with Crippen LogP contribution in [0.4, 0.5) is 0 Å². The van der Waals surface area contributed by atoms with Gasteiger partial charge in [-0.05, 0) is 113 Å². The molecule has 2 heteroatoms. The van der Waals surface area contributed by atoms with Crippen LogP contribution >= 0.6 is 0 Å². The first-order valence-electron chi connectivity index (χ1n) is 17.2. The summed E-state index contributed by atoms with van der Waals surface area (Å²) < 4.78 is 13.1. The predicted molar refractivity (Wildman–Crippen MR) is 207 cm³/mol. The van der Waals surface area contributed by atoms with Crippen molar-refractivity contribution < 1.29 is 9.47 Å². The molecule has 10 aromatic rings. The molecule has 0 radical (unpaired) electrons. The molecule has 0 aliphatic carbocycles. The van der Waals surface area contributed by atoms with Crippen LogP contribution in [-0.4, -0.2) is 0 Å². The molecule has 2 heterocycles. The highest BCUT2D eigenvalue weighted by Crippen LogP contribution is 2.50. The van der Waals surface area contributed by atoms with E-state index in [4.69, 9.17) is 9.47 Å². The van der Waals surface area contributed by atoms with Crippen molar-refractivity contribution in [1.29, 1.82) is 0 Å². The van der Waals surface area contributed by atoms with E-state index in [2.05, 4.69) is 158 Å². The molecule has 0 amide bonds. The summed E-state index contributed by atoms with van der Waals surface area (Å²) in [5, 5.41) is 12.3. The molecule has 0 aromatic heterocycles. The lowest BCUT2D eigenvalue weighted by atomic mass is 9.86. The molecule has 50 heavy (non-hydrogen) atoms. The minimum atomic E-state index is 0.898. The van der Waals surface area contributed by atoms with Crippen LogP contribution in [0.3, 0.4) is 0 Å². The van der Waals surface area contributed by atoms with E-state index in [0.717, 1.165) is 45.3 Å². The maximum Gasteiger partial charge on any atom is 0.135 e. The topological polar surface area (TPSA) is 18.5 Å². The molecule has 0 fully saturated rings. The Bertz CT molecular complexity index is 2880. The predicted octanol–water partition coefficient (Wildman–Crippen LogP) is 13.8. The Morgan fingerprint density at radius 1 is 0.260 bits per heavy atom. The quantitative estimate of drug-likeness (QED) is 0.176. The molecule has 2 nitrogen and oxygen atoms in total. The smallest absolute Gasteiger partial charge is 0.135 e. The van der Waals surface area contributed by atoms with Crippen LogP contribution in [0.15, 0.2) is 158 Å². The number of ether oxygens (including phenoxy) is 2. The average molecular weight is 635 g/mol. The molecule has 0 spiro atoms. The van der Waals surface area contributed by atoms with Crippen LogP contribution < -0.4 is 9.47 Å². The number of benzene rings is 10. The number of fused-ring (bicyclic) bond motifs is 4. The minimum Gasteiger partial charge on any atom is -0.456 e. The van der Waals surface area contributed by atoms with E-state index < -0.39 is 0 Å². The summed E-state index contributed by atoms with van der Waals surface area (Å²) in [6.07, 6.45) is 0. The molecular formula is C48H26O2. The Morgan fingerprint density at radius 3 is 1.14 bits per heavy atom. The van der Waals surface area contributed by atoms with Crippen molar-refractivity contribution in [2.75, 3.05) is 0 Å². The molecule has 0 saturated heterocycles. The Hall–Kier alpha value is -6.64. The zero-order valence-electron chi connectivity index (χ0n) is 26.8. The van der Waals surface area contributed by atoms with Crippen LogP contribution in [-0.2, 0) is 0 Å². The highest BCUT2D eigenvalue weighted by Gasteiger charge is 2.23. The Kier molecular flexibility index (Phi) is 5.00. The standard InChI is InChI=1S/C48H26O2/c1-5-27-7-3-11-41-45(27)37(9-1)35-21-17-31(25-43(35)49-41)33-19-13-29-16-24-40-34(20-14-30-15-23-39(33)47(29)48(30)40)32-18-22-36-38-10-2-6-28-8-4-12-42(46(28)38)50-44(36)26-32/h1-26H. The van der Waals surface area contributed by atoms with Gasteiger partial charge in [0.1, 0.15) is 23.0 Å². The largest absolute Gasteiger partial charge is 0.456 e. The minimum absolute atomic E-state index is 0.898. The van der Waals surface area contributed by atoms with Gasteiger partial charge in [-0.15, -0.1) is 0 Å². The van der Waals surface area contributed by atoms with Gasteiger partial charge in [0.15, 0.2) is 0 Å². The Labute approximate surface area is 287 Å². The lowest BCUT2D eigenvalue weighted by molar-refractivity contribution is 0.487. The summed E-state index contributed by atoms with van der Waals surface area (Å²) in [7, 11) is 0. The van der Waals surface area contributed by atoms with Gasteiger partial charge in [0, 0.05) is 21.9 Å². The second-order valence-corrected chi connectivity index (χ2v) is 13.6. The zero-order valence-corrected chi connectivity index (χ0v) is 26.8. The second-order valence-electron chi connectivity index (χ2n) is 13.6. The summed E-state index contributed by atoms with van der Waals surface area (Å²) in [4.78, 5) is 0. The number of hydrogen-bond donors (Lipinski definition) is 0. The van der Waals surface area contributed by atoms with E-state index in [0.29, 0.717) is 0 Å². The third-order valence-corrected chi connectivity index (χ3v) is 11.0. The van der Waals surface area contributed by atoms with Gasteiger partial charge in [0.25, 0.3) is 0 Å². The molecule has 0 unspecified atom stereocenters. The maximum atomic E-state index is 6.57. The van der Waals surface area contributed by atoms with Crippen molar-refractivity contribution in [2.24, 2.45) is 0 Å². The van der Waals surface area contributed by atoms with E-state index in [1.165, 1.54) is 76.1 Å². The fourth-order valence-corrected chi connectivity index (χ4v) is 8.77. The van der Waals surface area contributed by atoms with Crippen molar-refractivity contribution in [3.8, 4) is 67.5 Å². The summed E-state index contributed by atoms with van der Waals surface area (Å²) in [6, 6.07) is 57.2. The highest BCUT2D eigenvalue weighted by molar-refractivity contribution is 6.27. The zero-order chi connectivity index (χ0) is 32.5. The summed E-state index contributed by atoms with van der Waals surface area (Å²) in [5.74, 6) is 3.63. The SMILES string of the molecule is c1cc2c3c(cccc3c1)-c1ccc(-c3ccc4ccc5c(-c6ccc7c(c6)Oc6cccc8cccc-7c68)ccc6ccc3c4c65)cc1O2. The van der Waals surface area contributed by atoms with E-state index >= 15 is 0 Å². The average Bonchev–Trinajstić information content (AvgIpc) is 3.17. The lowest BCUT2D eigenvalue weighted by Crippen LogP contribution is -1.97. The molecule has 2 aliphatic heterocycles. The molecule has 2 aliphatic rings. The van der Waals surface area contributed by atoms with E-state index in [1.54, 1.807) is 0 Å². The monoisotopic (exact) mass is 634 g/mol. The van der Waals surface area contributed by atoms with Crippen LogP contribution in [0.1, 0.15) is 0 Å². The van der Waals surface area contributed by atoms with E-state index in [-0.39, 0.29) is 0 Å². The van der Waals surface area contributed by atoms with Crippen molar-refractivity contribution >= 4 is 53.9 Å². The Balaban J connectivity index is 1.02. The molecular weight excluding hydrogens is 609 g/mol. The molecule has 0 saturated carbocycles. The fourth-order valence-electron chi connectivity index (χ4n) is 8.77. The first kappa shape index (κ1) is 26.3. The van der Waals surface area contributed by atoms with Crippen LogP contribution in [0.5, 0.6) is 23.0 Å². The van der Waals surface area contributed by atoms with Gasteiger partial charge in [0.05, 0.1) is 0 Å². The van der Waals surface area contributed by atoms with Gasteiger partial charge < -0.3 is 9.47 Å². The van der Waals surface area contributed by atoms with E-state index in [1.807, 2.05) is 0 Å². The summed E-state index contributed by atoms with van der Waals surface area (Å²) in [5.41, 5.74) is 9.42. The second kappa shape index (κ2) is 9.49. The maximum absolute atomic E-state index is 6.57. The summed E-state index contributed by atoms with van der Waals surface area (Å²) >= 11 is 0. The molecule has 0 bridgehead atoms. The number of rotatable bonds is 2. The molecule has 12 rings (SSSR count). The van der Waals surface area contributed by atoms with Crippen molar-refractivity contribution in [2.45, 2.75) is 0 Å². The Morgan fingerprint density at radius 2 is 0.660 bits per heavy atom. The van der Waals surface area contributed by atoms with Gasteiger partial charge in [-0.25, -0.2) is 0 Å². The fraction of sp³-hybridized carbons (Fsp3) is 0. The first-order chi connectivity index (χ1) is 24.8. The van der Waals surface area contributed by atoms with Crippen molar-refractivity contribution in [3.05, 3.63) is 158 Å². The molecule has 0 atom stereocenters. The van der Waals surface area contributed by atoms with Crippen LogP contribution in [0, 0.1) is 0 Å². The van der Waals surface area contributed by atoms with Crippen LogP contribution in [0.2, 0.25) is 0 Å². The normalized spacial score (nSPS) is 12.7. The highest BCUT2D eigenvalue weighted by atomic mass is 16.5. The molecule has 0 N–H and O–H groups in total. The molecule has 230 valence electrons. The lowest BCUT2D eigenvalue weighted by Gasteiger charge is -2.23. The molecule has 10 aromatic carbocycles. The van der Waals surface area contributed by atoms with Gasteiger partial charge in [-0.2, -0.15) is 0 Å². The van der Waals surface area contributed by atoms with Crippen LogP contribution in [0.25, 0.3) is 98.4 Å². The van der Waals surface area contributed by atoms with Crippen molar-refractivity contribution in [1.82, 2.24) is 0 Å². The first-order valence-corrected chi connectivity index (χ1v) is 17.2. The van der Waals surface area contributed by atoms with Gasteiger partial charge in [0.2, 0.25) is 0 Å². The third-order valence-electron chi connectivity index (χ3n) is 11.0. The van der Waals surface area contributed by atoms with Gasteiger partial charge in [-0.3, -0.25) is 0 Å².